The molecule has 4 aromatic rings. The van der Waals surface area contributed by atoms with Crippen LogP contribution in [0.1, 0.15) is 27.3 Å². The maximum Gasteiger partial charge on any atom is 0.228 e. The van der Waals surface area contributed by atoms with E-state index in [2.05, 4.69) is 10.3 Å². The average molecular weight is 373 g/mol. The van der Waals surface area contributed by atoms with Crippen LogP contribution in [-0.4, -0.2) is 21.2 Å². The molecule has 0 aliphatic rings. The minimum Gasteiger partial charge on any atom is -0.464 e. The molecule has 28 heavy (non-hydrogen) atoms. The molecule has 0 atom stereocenters. The smallest absolute Gasteiger partial charge is 0.228 e. The summed E-state index contributed by atoms with van der Waals surface area (Å²) in [6.45, 7) is 2.00. The molecule has 0 aliphatic heterocycles. The van der Waals surface area contributed by atoms with Gasteiger partial charge in [-0.3, -0.25) is 9.59 Å². The number of aryl methyl sites for hydroxylation is 2. The van der Waals surface area contributed by atoms with E-state index in [1.165, 1.54) is 0 Å². The number of carbonyl (C=O) groups is 2. The molecule has 2 aromatic heterocycles. The molecule has 6 nitrogen and oxygen atoms in total. The van der Waals surface area contributed by atoms with Gasteiger partial charge in [0.1, 0.15) is 5.58 Å². The highest BCUT2D eigenvalue weighted by Gasteiger charge is 2.14. The predicted molar refractivity (Wildman–Crippen MR) is 106 cm³/mol. The van der Waals surface area contributed by atoms with Gasteiger partial charge in [0, 0.05) is 41.6 Å². The minimum absolute atomic E-state index is 0.147. The summed E-state index contributed by atoms with van der Waals surface area (Å²) in [6.07, 6.45) is 5.15. The second-order valence-electron chi connectivity index (χ2n) is 6.75. The van der Waals surface area contributed by atoms with Gasteiger partial charge in [0.05, 0.1) is 12.7 Å². The van der Waals surface area contributed by atoms with Gasteiger partial charge in [-0.2, -0.15) is 0 Å². The molecule has 2 heterocycles. The van der Waals surface area contributed by atoms with Gasteiger partial charge >= 0.3 is 0 Å². The first-order chi connectivity index (χ1) is 13.5. The van der Waals surface area contributed by atoms with Crippen LogP contribution in [0.2, 0.25) is 0 Å². The van der Waals surface area contributed by atoms with Gasteiger partial charge in [-0.05, 0) is 42.8 Å². The standard InChI is InChI=1S/C22H19N3O3/c1-14-3-8-18-16(13-28-19(18)11-14)12-20(26)24-17-6-4-15(5-7-17)21(27)22-23-9-10-25(22)2/h3-11,13H,12H2,1-2H3,(H,24,26). The number of imidazole rings is 1. The van der Waals surface area contributed by atoms with Crippen molar-refractivity contribution in [3.05, 3.63) is 83.6 Å². The normalized spacial score (nSPS) is 10.9. The van der Waals surface area contributed by atoms with Crippen LogP contribution in [0.15, 0.2) is 65.5 Å². The van der Waals surface area contributed by atoms with Gasteiger partial charge in [0.25, 0.3) is 0 Å². The topological polar surface area (TPSA) is 77.1 Å². The SMILES string of the molecule is Cc1ccc2c(CC(=O)Nc3ccc(C(=O)c4nccn4C)cc3)coc2c1. The Hall–Kier alpha value is -3.67. The van der Waals surface area contributed by atoms with Crippen molar-refractivity contribution < 1.29 is 14.0 Å². The summed E-state index contributed by atoms with van der Waals surface area (Å²) in [4.78, 5) is 28.9. The number of hydrogen-bond acceptors (Lipinski definition) is 4. The molecule has 6 heteroatoms. The minimum atomic E-state index is -0.162. The van der Waals surface area contributed by atoms with Gasteiger partial charge < -0.3 is 14.3 Å². The van der Waals surface area contributed by atoms with E-state index in [-0.39, 0.29) is 18.1 Å². The van der Waals surface area contributed by atoms with Crippen LogP contribution in [0.25, 0.3) is 11.0 Å². The van der Waals surface area contributed by atoms with Crippen LogP contribution in [-0.2, 0) is 18.3 Å². The van der Waals surface area contributed by atoms with Crippen LogP contribution >= 0.6 is 0 Å². The third-order valence-corrected chi connectivity index (χ3v) is 4.62. The molecule has 4 rings (SSSR count). The summed E-state index contributed by atoms with van der Waals surface area (Å²) >= 11 is 0. The van der Waals surface area contributed by atoms with Crippen molar-refractivity contribution in [2.75, 3.05) is 5.32 Å². The van der Waals surface area contributed by atoms with Crippen molar-refractivity contribution in [3.63, 3.8) is 0 Å². The van der Waals surface area contributed by atoms with E-state index in [0.717, 1.165) is 22.1 Å². The highest BCUT2D eigenvalue weighted by atomic mass is 16.3. The van der Waals surface area contributed by atoms with E-state index < -0.39 is 0 Å². The predicted octanol–water partition coefficient (Wildman–Crippen LogP) is 3.89. The van der Waals surface area contributed by atoms with Crippen molar-refractivity contribution in [2.24, 2.45) is 7.05 Å². The average Bonchev–Trinajstić information content (AvgIpc) is 3.27. The fourth-order valence-electron chi connectivity index (χ4n) is 3.12. The lowest BCUT2D eigenvalue weighted by molar-refractivity contribution is -0.115. The van der Waals surface area contributed by atoms with Crippen molar-refractivity contribution in [1.82, 2.24) is 9.55 Å². The summed E-state index contributed by atoms with van der Waals surface area (Å²) < 4.78 is 7.22. The number of nitrogens with zero attached hydrogens (tertiary/aromatic N) is 2. The molecular weight excluding hydrogens is 354 g/mol. The summed E-state index contributed by atoms with van der Waals surface area (Å²) in [5.74, 6) is 0.0656. The number of carbonyl (C=O) groups excluding carboxylic acids is 2. The Labute approximate surface area is 161 Å². The molecule has 1 amide bonds. The quantitative estimate of drug-likeness (QED) is 0.539. The number of amides is 1. The molecule has 0 saturated heterocycles. The molecule has 0 saturated carbocycles. The number of rotatable bonds is 5. The first kappa shape index (κ1) is 17.7. The lowest BCUT2D eigenvalue weighted by Crippen LogP contribution is -2.14. The number of anilines is 1. The second kappa shape index (κ2) is 7.15. The Morgan fingerprint density at radius 1 is 1.14 bits per heavy atom. The summed E-state index contributed by atoms with van der Waals surface area (Å²) in [6, 6.07) is 12.7. The van der Waals surface area contributed by atoms with E-state index in [9.17, 15) is 9.59 Å². The molecule has 140 valence electrons. The van der Waals surface area contributed by atoms with Gasteiger partial charge in [-0.1, -0.05) is 12.1 Å². The van der Waals surface area contributed by atoms with Crippen molar-refractivity contribution in [3.8, 4) is 0 Å². The highest BCUT2D eigenvalue weighted by molar-refractivity contribution is 6.07. The van der Waals surface area contributed by atoms with E-state index >= 15 is 0 Å². The van der Waals surface area contributed by atoms with Gasteiger partial charge in [-0.15, -0.1) is 0 Å². The molecule has 0 bridgehead atoms. The number of ketones is 1. The molecule has 2 aromatic carbocycles. The fourth-order valence-corrected chi connectivity index (χ4v) is 3.12. The van der Waals surface area contributed by atoms with Crippen LogP contribution in [0, 0.1) is 6.92 Å². The molecule has 0 radical (unpaired) electrons. The van der Waals surface area contributed by atoms with Crippen molar-refractivity contribution in [2.45, 2.75) is 13.3 Å². The summed E-state index contributed by atoms with van der Waals surface area (Å²) in [5, 5.41) is 3.80. The van der Waals surface area contributed by atoms with Crippen molar-refractivity contribution in [1.29, 1.82) is 0 Å². The third-order valence-electron chi connectivity index (χ3n) is 4.62. The van der Waals surface area contributed by atoms with Crippen LogP contribution in [0.4, 0.5) is 5.69 Å². The first-order valence-corrected chi connectivity index (χ1v) is 8.90. The zero-order valence-electron chi connectivity index (χ0n) is 15.6. The van der Waals surface area contributed by atoms with E-state index in [1.807, 2.05) is 25.1 Å². The Kier molecular flexibility index (Phi) is 4.53. The Morgan fingerprint density at radius 3 is 2.64 bits per heavy atom. The maximum atomic E-state index is 12.4. The Bertz CT molecular complexity index is 1170. The Balaban J connectivity index is 1.44. The van der Waals surface area contributed by atoms with Crippen molar-refractivity contribution >= 4 is 28.3 Å². The number of benzene rings is 2. The zero-order valence-corrected chi connectivity index (χ0v) is 15.6. The fraction of sp³-hybridized carbons (Fsp3) is 0.136. The van der Waals surface area contributed by atoms with Gasteiger partial charge in [0.15, 0.2) is 5.82 Å². The third kappa shape index (κ3) is 3.44. The molecular formula is C22H19N3O3. The zero-order chi connectivity index (χ0) is 19.7. The number of nitrogens with one attached hydrogen (secondary N) is 1. The second-order valence-corrected chi connectivity index (χ2v) is 6.75. The summed E-state index contributed by atoms with van der Waals surface area (Å²) in [7, 11) is 1.77. The molecule has 0 fully saturated rings. The largest absolute Gasteiger partial charge is 0.464 e. The highest BCUT2D eigenvalue weighted by Crippen LogP contribution is 2.23. The monoisotopic (exact) mass is 373 g/mol. The van der Waals surface area contributed by atoms with E-state index in [0.29, 0.717) is 17.1 Å². The number of fused-ring (bicyclic) bond motifs is 1. The molecule has 0 spiro atoms. The first-order valence-electron chi connectivity index (χ1n) is 8.90. The lowest BCUT2D eigenvalue weighted by Gasteiger charge is -2.06. The maximum absolute atomic E-state index is 12.4. The molecule has 0 unspecified atom stereocenters. The molecule has 0 aliphatic carbocycles. The van der Waals surface area contributed by atoms with Crippen LogP contribution in [0.3, 0.4) is 0 Å². The lowest BCUT2D eigenvalue weighted by atomic mass is 10.1. The molecule has 1 N–H and O–H groups in total. The number of aromatic nitrogens is 2. The van der Waals surface area contributed by atoms with Gasteiger partial charge in [-0.25, -0.2) is 4.98 Å². The van der Waals surface area contributed by atoms with Crippen LogP contribution in [0.5, 0.6) is 0 Å². The summed E-state index contributed by atoms with van der Waals surface area (Å²) in [5.41, 5.74) is 3.88. The van der Waals surface area contributed by atoms with E-state index in [1.54, 1.807) is 54.5 Å². The van der Waals surface area contributed by atoms with E-state index in [4.69, 9.17) is 4.42 Å². The Morgan fingerprint density at radius 2 is 1.93 bits per heavy atom. The number of hydrogen-bond donors (Lipinski definition) is 1. The number of furan rings is 1. The van der Waals surface area contributed by atoms with Crippen LogP contribution < -0.4 is 5.32 Å². The van der Waals surface area contributed by atoms with Gasteiger partial charge in [0.2, 0.25) is 11.7 Å².